The normalized spacial score (nSPS) is 26.6. The molecule has 2 amide bonds. The topological polar surface area (TPSA) is 41.1 Å². The highest BCUT2D eigenvalue weighted by Crippen LogP contribution is 2.26. The maximum atomic E-state index is 11.7. The van der Waals surface area contributed by atoms with Crippen LogP contribution in [0, 0.1) is 5.92 Å². The molecule has 0 aromatic rings. The summed E-state index contributed by atoms with van der Waals surface area (Å²) in [6.45, 7) is 0.757. The minimum Gasteiger partial charge on any atom is -0.335 e. The Bertz CT molecular complexity index is 211. The van der Waals surface area contributed by atoms with Gasteiger partial charge in [0.05, 0.1) is 0 Å². The third-order valence-corrected chi connectivity index (χ3v) is 2.16. The Balaban J connectivity index is 2.11. The van der Waals surface area contributed by atoms with E-state index in [1.165, 1.54) is 0 Å². The van der Waals surface area contributed by atoms with Gasteiger partial charge in [0.1, 0.15) is 6.54 Å². The van der Waals surface area contributed by atoms with Crippen molar-refractivity contribution in [3.05, 3.63) is 0 Å². The number of halogens is 3. The Morgan fingerprint density at radius 3 is 2.43 bits per heavy atom. The quantitative estimate of drug-likeness (QED) is 0.714. The molecule has 14 heavy (non-hydrogen) atoms. The molecule has 0 heterocycles. The summed E-state index contributed by atoms with van der Waals surface area (Å²) in [5.74, 6) is 0.558. The van der Waals surface area contributed by atoms with Gasteiger partial charge in [-0.1, -0.05) is 6.92 Å². The first-order valence-corrected chi connectivity index (χ1v) is 4.48. The van der Waals surface area contributed by atoms with Crippen LogP contribution in [0.4, 0.5) is 18.0 Å². The van der Waals surface area contributed by atoms with Crippen molar-refractivity contribution in [2.24, 2.45) is 5.92 Å². The number of hydrogen-bond donors (Lipinski definition) is 2. The molecule has 0 aliphatic heterocycles. The molecule has 1 saturated carbocycles. The molecule has 2 N–H and O–H groups in total. The van der Waals surface area contributed by atoms with E-state index in [-0.39, 0.29) is 6.04 Å². The minimum atomic E-state index is -4.34. The van der Waals surface area contributed by atoms with Crippen LogP contribution in [0.5, 0.6) is 0 Å². The van der Waals surface area contributed by atoms with Crippen LogP contribution >= 0.6 is 0 Å². The van der Waals surface area contributed by atoms with E-state index in [2.05, 4.69) is 5.32 Å². The molecule has 0 aromatic heterocycles. The van der Waals surface area contributed by atoms with Crippen LogP contribution in [0.3, 0.4) is 0 Å². The van der Waals surface area contributed by atoms with E-state index < -0.39 is 18.8 Å². The highest BCUT2D eigenvalue weighted by atomic mass is 19.4. The molecule has 3 nitrogen and oxygen atoms in total. The average molecular weight is 210 g/mol. The first-order chi connectivity index (χ1) is 6.37. The Morgan fingerprint density at radius 2 is 2.00 bits per heavy atom. The van der Waals surface area contributed by atoms with Crippen molar-refractivity contribution in [3.63, 3.8) is 0 Å². The molecule has 0 atom stereocenters. The number of carbonyl (C=O) groups is 1. The molecule has 0 bridgehead atoms. The van der Waals surface area contributed by atoms with E-state index in [9.17, 15) is 18.0 Å². The van der Waals surface area contributed by atoms with E-state index in [1.54, 1.807) is 5.32 Å². The van der Waals surface area contributed by atoms with Crippen molar-refractivity contribution in [2.75, 3.05) is 6.54 Å². The first kappa shape index (κ1) is 11.1. The van der Waals surface area contributed by atoms with Crippen molar-refractivity contribution in [1.29, 1.82) is 0 Å². The summed E-state index contributed by atoms with van der Waals surface area (Å²) in [6, 6.07) is -0.697. The predicted octanol–water partition coefficient (Wildman–Crippen LogP) is 1.65. The summed E-state index contributed by atoms with van der Waals surface area (Å²) >= 11 is 0. The lowest BCUT2D eigenvalue weighted by molar-refractivity contribution is -0.122. The van der Waals surface area contributed by atoms with Crippen LogP contribution in [0.2, 0.25) is 0 Å². The third kappa shape index (κ3) is 3.85. The van der Waals surface area contributed by atoms with E-state index in [1.807, 2.05) is 6.92 Å². The molecular weight excluding hydrogens is 197 g/mol. The Hall–Kier alpha value is -0.940. The first-order valence-electron chi connectivity index (χ1n) is 4.48. The van der Waals surface area contributed by atoms with Crippen LogP contribution in [0.25, 0.3) is 0 Å². The van der Waals surface area contributed by atoms with Crippen LogP contribution in [-0.2, 0) is 0 Å². The van der Waals surface area contributed by atoms with Crippen molar-refractivity contribution in [1.82, 2.24) is 10.6 Å². The Labute approximate surface area is 80.0 Å². The van der Waals surface area contributed by atoms with Crippen LogP contribution < -0.4 is 10.6 Å². The number of carbonyl (C=O) groups excluding carboxylic acids is 1. The zero-order valence-corrected chi connectivity index (χ0v) is 7.82. The lowest BCUT2D eigenvalue weighted by atomic mass is 9.82. The molecule has 6 heteroatoms. The molecule has 0 saturated heterocycles. The van der Waals surface area contributed by atoms with Gasteiger partial charge in [0.25, 0.3) is 0 Å². The molecule has 0 aromatic carbocycles. The van der Waals surface area contributed by atoms with Crippen LogP contribution in [0.15, 0.2) is 0 Å². The van der Waals surface area contributed by atoms with Gasteiger partial charge in [-0.25, -0.2) is 4.79 Å². The smallest absolute Gasteiger partial charge is 0.335 e. The van der Waals surface area contributed by atoms with E-state index in [0.29, 0.717) is 5.92 Å². The number of rotatable bonds is 2. The van der Waals surface area contributed by atoms with Gasteiger partial charge in [-0.3, -0.25) is 0 Å². The maximum Gasteiger partial charge on any atom is 0.405 e. The highest BCUT2D eigenvalue weighted by molar-refractivity contribution is 5.74. The number of hydrogen-bond acceptors (Lipinski definition) is 1. The second-order valence-corrected chi connectivity index (χ2v) is 3.72. The summed E-state index contributed by atoms with van der Waals surface area (Å²) in [4.78, 5) is 10.9. The largest absolute Gasteiger partial charge is 0.405 e. The second kappa shape index (κ2) is 4.06. The van der Waals surface area contributed by atoms with Crippen molar-refractivity contribution < 1.29 is 18.0 Å². The SMILES string of the molecule is CC1CC(NC(=O)NCC(F)(F)F)C1. The molecule has 0 unspecified atom stereocenters. The lowest BCUT2D eigenvalue weighted by Gasteiger charge is -2.33. The van der Waals surface area contributed by atoms with Gasteiger partial charge in [-0.05, 0) is 18.8 Å². The number of urea groups is 1. The fraction of sp³-hybridized carbons (Fsp3) is 0.875. The standard InChI is InChI=1S/C8H13F3N2O/c1-5-2-6(3-5)13-7(14)12-4-8(9,10)11/h5-6H,2-4H2,1H3,(H2,12,13,14). The Morgan fingerprint density at radius 1 is 1.43 bits per heavy atom. The van der Waals surface area contributed by atoms with Gasteiger partial charge < -0.3 is 10.6 Å². The predicted molar refractivity (Wildman–Crippen MR) is 44.8 cm³/mol. The summed E-state index contributed by atoms with van der Waals surface area (Å²) in [6.07, 6.45) is -2.65. The number of nitrogens with one attached hydrogen (secondary N) is 2. The number of amides is 2. The highest BCUT2D eigenvalue weighted by Gasteiger charge is 2.30. The molecular formula is C8H13F3N2O. The average Bonchev–Trinajstić information content (AvgIpc) is 1.97. The van der Waals surface area contributed by atoms with Crippen LogP contribution in [0.1, 0.15) is 19.8 Å². The van der Waals surface area contributed by atoms with Crippen LogP contribution in [-0.4, -0.2) is 24.8 Å². The van der Waals surface area contributed by atoms with Gasteiger partial charge in [0, 0.05) is 6.04 Å². The fourth-order valence-electron chi connectivity index (χ4n) is 1.44. The zero-order chi connectivity index (χ0) is 10.8. The lowest BCUT2D eigenvalue weighted by Crippen LogP contribution is -2.49. The minimum absolute atomic E-state index is 0.0400. The summed E-state index contributed by atoms with van der Waals surface area (Å²) in [7, 11) is 0. The van der Waals surface area contributed by atoms with Crippen molar-refractivity contribution in [3.8, 4) is 0 Å². The van der Waals surface area contributed by atoms with Gasteiger partial charge in [0.2, 0.25) is 0 Å². The van der Waals surface area contributed by atoms with E-state index in [4.69, 9.17) is 0 Å². The molecule has 1 aliphatic rings. The summed E-state index contributed by atoms with van der Waals surface area (Å²) in [5, 5.41) is 4.23. The monoisotopic (exact) mass is 210 g/mol. The molecule has 82 valence electrons. The van der Waals surface area contributed by atoms with Gasteiger partial charge >= 0.3 is 12.2 Å². The van der Waals surface area contributed by atoms with E-state index >= 15 is 0 Å². The van der Waals surface area contributed by atoms with E-state index in [0.717, 1.165) is 12.8 Å². The van der Waals surface area contributed by atoms with Gasteiger partial charge in [-0.2, -0.15) is 13.2 Å². The summed E-state index contributed by atoms with van der Waals surface area (Å²) in [5.41, 5.74) is 0. The third-order valence-electron chi connectivity index (χ3n) is 2.16. The van der Waals surface area contributed by atoms with Gasteiger partial charge in [-0.15, -0.1) is 0 Å². The van der Waals surface area contributed by atoms with Gasteiger partial charge in [0.15, 0.2) is 0 Å². The zero-order valence-electron chi connectivity index (χ0n) is 7.82. The number of alkyl halides is 3. The second-order valence-electron chi connectivity index (χ2n) is 3.72. The fourth-order valence-corrected chi connectivity index (χ4v) is 1.44. The molecule has 1 fully saturated rings. The summed E-state index contributed by atoms with van der Waals surface area (Å²) < 4.78 is 35.0. The molecule has 0 spiro atoms. The maximum absolute atomic E-state index is 11.7. The molecule has 1 aliphatic carbocycles. The molecule has 0 radical (unpaired) electrons. The Kier molecular flexibility index (Phi) is 3.23. The molecule has 1 rings (SSSR count). The van der Waals surface area contributed by atoms with Crippen molar-refractivity contribution >= 4 is 6.03 Å². The van der Waals surface area contributed by atoms with Crippen molar-refractivity contribution in [2.45, 2.75) is 32.0 Å².